The van der Waals surface area contributed by atoms with Crippen molar-refractivity contribution < 1.29 is 4.42 Å². The third-order valence-electron chi connectivity index (χ3n) is 15.3. The molecule has 0 spiro atoms. The minimum absolute atomic E-state index is 0.204. The van der Waals surface area contributed by atoms with Gasteiger partial charge in [-0.25, -0.2) is 0 Å². The molecular weight excluding hydrogens is 824 g/mol. The number of rotatable bonds is 6. The average molecular weight is 869 g/mol. The predicted molar refractivity (Wildman–Crippen MR) is 285 cm³/mol. The molecule has 0 radical (unpaired) electrons. The molecule has 4 heteroatoms. The Morgan fingerprint density at radius 1 is 0.471 bits per heavy atom. The molecular formula is C64H45BN2O. The molecule has 0 amide bonds. The van der Waals surface area contributed by atoms with Crippen molar-refractivity contribution in [2.75, 3.05) is 10.2 Å². The second kappa shape index (κ2) is 14.6. The maximum atomic E-state index is 7.01. The number of nitrogens with zero attached hydrogens (tertiary/aromatic N) is 1. The second-order valence-corrected chi connectivity index (χ2v) is 19.2. The first kappa shape index (κ1) is 38.9. The van der Waals surface area contributed by atoms with Crippen LogP contribution in [0.1, 0.15) is 47.2 Å². The van der Waals surface area contributed by atoms with Crippen LogP contribution < -0.4 is 21.1 Å². The standard InChI is InChI=1S/C64H45BN2O/c1-63(2)48-29-14-12-26-44(48)45-28-18-33-52(60(45)63)66-53-38-41(40-20-6-3-7-21-40)36-37-46(53)59-58-47-27-13-17-35-56(47)68-57(58)39-55-61(59)65-51-32-19-31-50-62(51)67(55)54-34-16-15-30-49(54)64(50,42-22-8-4-9-23-42)43-24-10-5-11-25-43/h3-39,65-66H,1-2H3. The predicted octanol–water partition coefficient (Wildman–Crippen LogP) is 14.8. The first-order valence-electron chi connectivity index (χ1n) is 23.8. The van der Waals surface area contributed by atoms with Crippen LogP contribution in [0.2, 0.25) is 0 Å². The van der Waals surface area contributed by atoms with E-state index in [0.29, 0.717) is 0 Å². The average Bonchev–Trinajstić information content (AvgIpc) is 3.88. The van der Waals surface area contributed by atoms with Gasteiger partial charge in [0.1, 0.15) is 11.2 Å². The summed E-state index contributed by atoms with van der Waals surface area (Å²) in [6, 6.07) is 82.6. The third kappa shape index (κ3) is 5.37. The zero-order chi connectivity index (χ0) is 45.1. The normalized spacial score (nSPS) is 14.4. The number of hydrogen-bond acceptors (Lipinski definition) is 3. The van der Waals surface area contributed by atoms with E-state index in [1.165, 1.54) is 77.9 Å². The van der Waals surface area contributed by atoms with Gasteiger partial charge in [-0.2, -0.15) is 0 Å². The molecule has 10 aromatic carbocycles. The summed E-state index contributed by atoms with van der Waals surface area (Å²) in [5.74, 6) is 0. The monoisotopic (exact) mass is 868 g/mol. The van der Waals surface area contributed by atoms with Crippen LogP contribution in [-0.2, 0) is 10.8 Å². The lowest BCUT2D eigenvalue weighted by Gasteiger charge is -2.49. The Morgan fingerprint density at radius 3 is 1.91 bits per heavy atom. The minimum Gasteiger partial charge on any atom is -0.456 e. The number of nitrogens with one attached hydrogen (secondary N) is 1. The number of anilines is 5. The lowest BCUT2D eigenvalue weighted by atomic mass is 9.54. The van der Waals surface area contributed by atoms with Crippen LogP contribution in [0.25, 0.3) is 55.3 Å². The number of para-hydroxylation sites is 3. The first-order chi connectivity index (χ1) is 33.5. The zero-order valence-electron chi connectivity index (χ0n) is 37.9. The van der Waals surface area contributed by atoms with Crippen LogP contribution in [0, 0.1) is 0 Å². The fourth-order valence-electron chi connectivity index (χ4n) is 12.5. The molecule has 3 nitrogen and oxygen atoms in total. The third-order valence-corrected chi connectivity index (χ3v) is 15.3. The highest BCUT2D eigenvalue weighted by Crippen LogP contribution is 2.59. The van der Waals surface area contributed by atoms with Crippen LogP contribution in [-0.4, -0.2) is 7.28 Å². The lowest BCUT2D eigenvalue weighted by Crippen LogP contribution is -2.47. The van der Waals surface area contributed by atoms with E-state index in [4.69, 9.17) is 4.42 Å². The summed E-state index contributed by atoms with van der Waals surface area (Å²) < 4.78 is 7.01. The molecule has 0 bridgehead atoms. The molecule has 14 rings (SSSR count). The molecule has 0 saturated heterocycles. The largest absolute Gasteiger partial charge is 0.456 e. The van der Waals surface area contributed by atoms with E-state index in [9.17, 15) is 0 Å². The maximum absolute atomic E-state index is 7.01. The molecule has 68 heavy (non-hydrogen) atoms. The Hall–Kier alpha value is -8.34. The van der Waals surface area contributed by atoms with Crippen molar-refractivity contribution in [1.29, 1.82) is 0 Å². The molecule has 3 heterocycles. The number of hydrogen-bond donors (Lipinski definition) is 1. The SMILES string of the molecule is CC1(C)c2ccccc2-c2cccc(Nc3cc(-c4ccccc4)ccc3-c3c4c(cc5oc6ccccc6c35)N3c5ccccc5C(c5ccccc5)(c5ccccc5)c5cccc(c53)B4)c21. The van der Waals surface area contributed by atoms with Crippen LogP contribution >= 0.6 is 0 Å². The lowest BCUT2D eigenvalue weighted by molar-refractivity contribution is 0.662. The van der Waals surface area contributed by atoms with E-state index in [0.717, 1.165) is 57.4 Å². The van der Waals surface area contributed by atoms with Gasteiger partial charge in [-0.15, -0.1) is 0 Å². The molecule has 11 aromatic rings. The van der Waals surface area contributed by atoms with E-state index < -0.39 is 5.41 Å². The summed E-state index contributed by atoms with van der Waals surface area (Å²) in [4.78, 5) is 2.56. The number of benzene rings is 10. The highest BCUT2D eigenvalue weighted by atomic mass is 16.3. The number of fused-ring (bicyclic) bond motifs is 10. The van der Waals surface area contributed by atoms with Gasteiger partial charge in [0.15, 0.2) is 7.28 Å². The minimum atomic E-state index is -0.557. The van der Waals surface area contributed by atoms with Gasteiger partial charge in [0.25, 0.3) is 0 Å². The van der Waals surface area contributed by atoms with Crippen LogP contribution in [0.15, 0.2) is 229 Å². The Kier molecular flexibility index (Phi) is 8.34. The summed E-state index contributed by atoms with van der Waals surface area (Å²) in [6.07, 6.45) is 0. The van der Waals surface area contributed by atoms with Crippen molar-refractivity contribution >= 4 is 68.6 Å². The van der Waals surface area contributed by atoms with Crippen molar-refractivity contribution in [2.24, 2.45) is 0 Å². The number of furan rings is 1. The fourth-order valence-corrected chi connectivity index (χ4v) is 12.5. The smallest absolute Gasteiger partial charge is 0.198 e. The molecule has 0 fully saturated rings. The summed E-state index contributed by atoms with van der Waals surface area (Å²) in [6.45, 7) is 4.73. The Morgan fingerprint density at radius 2 is 1.12 bits per heavy atom. The highest BCUT2D eigenvalue weighted by molar-refractivity contribution is 6.74. The summed E-state index contributed by atoms with van der Waals surface area (Å²) in [5.41, 5.74) is 24.2. The molecule has 1 aromatic heterocycles. The van der Waals surface area contributed by atoms with Gasteiger partial charge >= 0.3 is 0 Å². The molecule has 0 saturated carbocycles. The van der Waals surface area contributed by atoms with Gasteiger partial charge < -0.3 is 14.6 Å². The van der Waals surface area contributed by atoms with E-state index in [1.807, 2.05) is 0 Å². The van der Waals surface area contributed by atoms with Crippen molar-refractivity contribution in [3.63, 3.8) is 0 Å². The van der Waals surface area contributed by atoms with Gasteiger partial charge in [0, 0.05) is 50.6 Å². The molecule has 320 valence electrons. The highest BCUT2D eigenvalue weighted by Gasteiger charge is 2.49. The zero-order valence-corrected chi connectivity index (χ0v) is 37.9. The van der Waals surface area contributed by atoms with Crippen LogP contribution in [0.4, 0.5) is 28.4 Å². The van der Waals surface area contributed by atoms with Crippen molar-refractivity contribution in [3.05, 3.63) is 258 Å². The van der Waals surface area contributed by atoms with E-state index in [2.05, 4.69) is 249 Å². The molecule has 1 N–H and O–H groups in total. The summed E-state index contributed by atoms with van der Waals surface area (Å²) >= 11 is 0. The quantitative estimate of drug-likeness (QED) is 0.169. The Labute approximate surface area is 397 Å². The molecule has 0 unspecified atom stereocenters. The van der Waals surface area contributed by atoms with Gasteiger partial charge in [0.2, 0.25) is 0 Å². The first-order valence-corrected chi connectivity index (χ1v) is 23.8. The van der Waals surface area contributed by atoms with Gasteiger partial charge in [-0.05, 0) is 90.9 Å². The van der Waals surface area contributed by atoms with E-state index in [-0.39, 0.29) is 5.41 Å². The van der Waals surface area contributed by atoms with E-state index in [1.54, 1.807) is 0 Å². The van der Waals surface area contributed by atoms with Gasteiger partial charge in [-0.3, -0.25) is 0 Å². The molecule has 3 aliphatic rings. The maximum Gasteiger partial charge on any atom is 0.198 e. The van der Waals surface area contributed by atoms with Gasteiger partial charge in [0.05, 0.1) is 11.1 Å². The topological polar surface area (TPSA) is 28.4 Å². The van der Waals surface area contributed by atoms with Gasteiger partial charge in [-0.1, -0.05) is 213 Å². The summed E-state index contributed by atoms with van der Waals surface area (Å²) in [7, 11) is 0.741. The fraction of sp³-hybridized carbons (Fsp3) is 0.0625. The summed E-state index contributed by atoms with van der Waals surface area (Å²) in [5, 5.41) is 6.41. The molecule has 0 atom stereocenters. The van der Waals surface area contributed by atoms with Crippen molar-refractivity contribution in [1.82, 2.24) is 0 Å². The van der Waals surface area contributed by atoms with Crippen molar-refractivity contribution in [3.8, 4) is 33.4 Å². The molecule has 1 aliphatic carbocycles. The van der Waals surface area contributed by atoms with Crippen molar-refractivity contribution in [2.45, 2.75) is 24.7 Å². The van der Waals surface area contributed by atoms with Crippen LogP contribution in [0.3, 0.4) is 0 Å². The Bertz CT molecular complexity index is 3800. The molecule has 2 aliphatic heterocycles. The van der Waals surface area contributed by atoms with Crippen LogP contribution in [0.5, 0.6) is 0 Å². The van der Waals surface area contributed by atoms with E-state index >= 15 is 0 Å². The Balaban J connectivity index is 1.06. The second-order valence-electron chi connectivity index (χ2n) is 19.2.